The van der Waals surface area contributed by atoms with E-state index in [9.17, 15) is 24.2 Å². The predicted octanol–water partition coefficient (Wildman–Crippen LogP) is 2.96. The summed E-state index contributed by atoms with van der Waals surface area (Å²) in [5.41, 5.74) is 1.06. The van der Waals surface area contributed by atoms with Gasteiger partial charge in [0.25, 0.3) is 11.5 Å². The highest BCUT2D eigenvalue weighted by molar-refractivity contribution is 8.09. The average Bonchev–Trinajstić information content (AvgIpc) is 3.89. The van der Waals surface area contributed by atoms with Crippen molar-refractivity contribution in [2.75, 3.05) is 25.2 Å². The number of fused-ring (bicyclic) bond motifs is 2. The molecule has 2 saturated heterocycles. The monoisotopic (exact) mass is 788 g/mol. The van der Waals surface area contributed by atoms with Crippen LogP contribution in [0.5, 0.6) is 0 Å². The standard InChI is InChI=1S/C31H35N9O10P2S/c1-15-20(48-31(24(15)49-51(44)45)40-14-35-22-27(40)36-17(3)37-29(22)43)11-46-52(4,53)50-23-16(2)30(47-19(23)10-41)39-13-34-21-25(32-12-33-26(21)39)38-28(42)18-8-6-5-7-9-18/h5-9,12-16,19-20,23-24,30-31,41H,10-11H2,1-4H3,(H2-,32,33,36,37,38,42,43,44,45)/p+1/t15-,16-,19+,20+,23?,24?,30+,31+,52?/m0/s1. The molecule has 2 fully saturated rings. The van der Waals surface area contributed by atoms with Crippen molar-refractivity contribution in [3.63, 3.8) is 0 Å². The Morgan fingerprint density at radius 1 is 1.02 bits per heavy atom. The van der Waals surface area contributed by atoms with Gasteiger partial charge >= 0.3 is 8.25 Å². The number of nitrogens with one attached hydrogen (secondary N) is 2. The van der Waals surface area contributed by atoms with Crippen LogP contribution in [0, 0.1) is 18.8 Å². The molecule has 1 aromatic carbocycles. The van der Waals surface area contributed by atoms with Gasteiger partial charge in [-0.15, -0.1) is 9.42 Å². The summed E-state index contributed by atoms with van der Waals surface area (Å²) in [5, 5.41) is 13.1. The third-order valence-corrected chi connectivity index (χ3v) is 11.5. The van der Waals surface area contributed by atoms with Gasteiger partial charge in [0.05, 0.1) is 32.0 Å². The van der Waals surface area contributed by atoms with Crippen LogP contribution < -0.4 is 10.9 Å². The summed E-state index contributed by atoms with van der Waals surface area (Å²) in [6.07, 6.45) is -0.547. The van der Waals surface area contributed by atoms with Crippen molar-refractivity contribution in [3.05, 3.63) is 71.1 Å². The highest BCUT2D eigenvalue weighted by Gasteiger charge is 2.50. The molecule has 7 rings (SSSR count). The van der Waals surface area contributed by atoms with Gasteiger partial charge in [-0.1, -0.05) is 32.0 Å². The highest BCUT2D eigenvalue weighted by Crippen LogP contribution is 2.52. The number of H-pyrrole nitrogens is 1. The lowest BCUT2D eigenvalue weighted by atomic mass is 10.0. The number of carbonyl (C=O) groups is 1. The number of aliphatic hydroxyl groups is 1. The van der Waals surface area contributed by atoms with Crippen LogP contribution in [-0.2, 0) is 39.4 Å². The van der Waals surface area contributed by atoms with Crippen LogP contribution in [0.3, 0.4) is 0 Å². The fourth-order valence-electron chi connectivity index (χ4n) is 6.61. The van der Waals surface area contributed by atoms with Crippen molar-refractivity contribution in [2.45, 2.75) is 57.6 Å². The summed E-state index contributed by atoms with van der Waals surface area (Å²) in [6, 6.07) is 8.70. The molecule has 5 aromatic rings. The lowest BCUT2D eigenvalue weighted by Crippen LogP contribution is -2.31. The Balaban J connectivity index is 1.05. The van der Waals surface area contributed by atoms with Crippen LogP contribution in [-0.4, -0.2) is 99.2 Å². The smallest absolute Gasteiger partial charge is 0.394 e. The molecule has 0 radical (unpaired) electrons. The minimum atomic E-state index is -3.05. The number of rotatable bonds is 12. The number of imidazole rings is 2. The maximum Gasteiger partial charge on any atom is 0.695 e. The zero-order valence-corrected chi connectivity index (χ0v) is 31.4. The van der Waals surface area contributed by atoms with Crippen molar-refractivity contribution >= 4 is 60.6 Å². The van der Waals surface area contributed by atoms with Crippen LogP contribution in [0.25, 0.3) is 22.3 Å². The van der Waals surface area contributed by atoms with Gasteiger partial charge < -0.3 is 33.9 Å². The highest BCUT2D eigenvalue weighted by atomic mass is 32.5. The molecule has 2 aliphatic rings. The third-order valence-electron chi connectivity index (χ3n) is 9.25. The minimum absolute atomic E-state index is 0.0665. The number of benzene rings is 1. The molecule has 4 aromatic heterocycles. The van der Waals surface area contributed by atoms with Crippen molar-refractivity contribution in [1.82, 2.24) is 39.0 Å². The molecule has 22 heteroatoms. The second-order valence-electron chi connectivity index (χ2n) is 12.8. The van der Waals surface area contributed by atoms with Crippen molar-refractivity contribution in [2.24, 2.45) is 11.8 Å². The second kappa shape index (κ2) is 15.1. The van der Waals surface area contributed by atoms with E-state index >= 15 is 0 Å². The van der Waals surface area contributed by atoms with E-state index in [0.29, 0.717) is 22.6 Å². The SMILES string of the molecule is Cc1nc2c(ncn2[C@@H]2O[C@H](COP(C)(=S)OC3[C@@H](CO)O[C@@H](n4cnc5c(NC(=O)c6ccccc6)ncnc54)[C@H]3C)[C@H](C)C2O[P+](=O)O)c(=O)[nH]1. The lowest BCUT2D eigenvalue weighted by molar-refractivity contribution is -0.0475. The fourth-order valence-corrected chi connectivity index (χ4v) is 8.84. The number of aliphatic hydroxyl groups excluding tert-OH is 1. The van der Waals surface area contributed by atoms with E-state index in [1.165, 1.54) is 23.5 Å². The molecule has 4 N–H and O–H groups in total. The number of hydrogen-bond donors (Lipinski definition) is 4. The molecule has 2 aliphatic heterocycles. The zero-order chi connectivity index (χ0) is 37.6. The molecule has 1 amide bonds. The molecule has 0 aliphatic carbocycles. The van der Waals surface area contributed by atoms with Crippen LogP contribution in [0.2, 0.25) is 0 Å². The second-order valence-corrected chi connectivity index (χ2v) is 17.5. The third kappa shape index (κ3) is 7.44. The average molecular weight is 789 g/mol. The Kier molecular flexibility index (Phi) is 10.6. The van der Waals surface area contributed by atoms with Gasteiger partial charge in [0.1, 0.15) is 30.6 Å². The number of nitrogens with zero attached hydrogens (tertiary/aromatic N) is 7. The van der Waals surface area contributed by atoms with Crippen LogP contribution >= 0.6 is 14.7 Å². The molecule has 0 saturated carbocycles. The van der Waals surface area contributed by atoms with E-state index < -0.39 is 63.1 Å². The molecular weight excluding hydrogens is 752 g/mol. The lowest BCUT2D eigenvalue weighted by Gasteiger charge is -2.28. The van der Waals surface area contributed by atoms with E-state index in [1.807, 2.05) is 13.0 Å². The first-order valence-corrected chi connectivity index (χ1v) is 20.7. The van der Waals surface area contributed by atoms with E-state index in [1.54, 1.807) is 49.3 Å². The molecular formula is C31H36N9O10P2S+. The van der Waals surface area contributed by atoms with Crippen molar-refractivity contribution in [1.29, 1.82) is 0 Å². The number of aromatic nitrogens is 8. The molecule has 0 spiro atoms. The van der Waals surface area contributed by atoms with Crippen LogP contribution in [0.1, 0.15) is 42.5 Å². The maximum atomic E-state index is 12.8. The Morgan fingerprint density at radius 3 is 2.43 bits per heavy atom. The van der Waals surface area contributed by atoms with E-state index in [2.05, 4.69) is 35.2 Å². The Morgan fingerprint density at radius 2 is 1.72 bits per heavy atom. The van der Waals surface area contributed by atoms with E-state index in [0.717, 1.165) is 0 Å². The van der Waals surface area contributed by atoms with Gasteiger partial charge in [-0.3, -0.25) is 18.7 Å². The van der Waals surface area contributed by atoms with Crippen molar-refractivity contribution in [3.8, 4) is 0 Å². The normalized spacial score (nSPS) is 27.3. The van der Waals surface area contributed by atoms with Crippen LogP contribution in [0.15, 0.2) is 54.1 Å². The van der Waals surface area contributed by atoms with E-state index in [4.69, 9.17) is 34.9 Å². The number of anilines is 1. The quantitative estimate of drug-likeness (QED) is 0.133. The summed E-state index contributed by atoms with van der Waals surface area (Å²) >= 11 is 5.83. The predicted molar refractivity (Wildman–Crippen MR) is 192 cm³/mol. The Labute approximate surface area is 307 Å². The fraction of sp³-hybridized carbons (Fsp3) is 0.452. The van der Waals surface area contributed by atoms with Crippen molar-refractivity contribution < 1.29 is 42.4 Å². The van der Waals surface area contributed by atoms with E-state index in [-0.39, 0.29) is 42.0 Å². The summed E-state index contributed by atoms with van der Waals surface area (Å²) < 4.78 is 45.6. The Hall–Kier alpha value is -3.94. The molecule has 6 heterocycles. The number of ether oxygens (including phenoxy) is 2. The van der Waals surface area contributed by atoms with Gasteiger partial charge in [0.15, 0.2) is 47.0 Å². The first-order valence-electron chi connectivity index (χ1n) is 16.5. The molecule has 4 unspecified atom stereocenters. The number of hydrogen-bond acceptors (Lipinski definition) is 15. The zero-order valence-electron chi connectivity index (χ0n) is 28.7. The van der Waals surface area contributed by atoms with Gasteiger partial charge in [-0.2, -0.15) is 0 Å². The molecule has 0 bridgehead atoms. The number of amides is 1. The molecule has 19 nitrogen and oxygen atoms in total. The number of carbonyl (C=O) groups excluding carboxylic acids is 1. The topological polar surface area (TPSA) is 240 Å². The number of aromatic amines is 1. The maximum absolute atomic E-state index is 12.8. The van der Waals surface area contributed by atoms with Gasteiger partial charge in [-0.25, -0.2) is 24.9 Å². The molecule has 10 atom stereocenters. The summed E-state index contributed by atoms with van der Waals surface area (Å²) in [5.74, 6) is -0.644. The molecule has 280 valence electrons. The first kappa shape index (κ1) is 37.4. The Bertz CT molecular complexity index is 2270. The summed E-state index contributed by atoms with van der Waals surface area (Å²) in [7, 11) is -3.02. The van der Waals surface area contributed by atoms with Gasteiger partial charge in [0.2, 0.25) is 0 Å². The largest absolute Gasteiger partial charge is 0.695 e. The summed E-state index contributed by atoms with van der Waals surface area (Å²) in [6.45, 7) is 3.43. The number of aryl methyl sites for hydroxylation is 1. The van der Waals surface area contributed by atoms with Gasteiger partial charge in [-0.05, 0) is 30.9 Å². The first-order chi connectivity index (χ1) is 25.3. The minimum Gasteiger partial charge on any atom is -0.394 e. The van der Waals surface area contributed by atoms with Crippen LogP contribution in [0.4, 0.5) is 5.82 Å². The molecule has 53 heavy (non-hydrogen) atoms. The summed E-state index contributed by atoms with van der Waals surface area (Å²) in [4.78, 5) is 59.2. The van der Waals surface area contributed by atoms with Gasteiger partial charge in [0, 0.05) is 28.6 Å².